The average molecular weight is 167 g/mol. The molecule has 1 aliphatic heterocycles. The first-order valence-corrected chi connectivity index (χ1v) is 4.64. The first-order valence-electron chi connectivity index (χ1n) is 3.30. The minimum Gasteiger partial charge on any atom is -0.177 e. The lowest BCUT2D eigenvalue weighted by Crippen LogP contribution is -2.32. The molecule has 3 nitrogen and oxygen atoms in total. The zero-order valence-corrected chi connectivity index (χ0v) is 6.40. The molecule has 1 saturated heterocycles. The van der Waals surface area contributed by atoms with Crippen molar-refractivity contribution in [2.75, 3.05) is 13.1 Å². The Morgan fingerprint density at radius 1 is 1.10 bits per heavy atom. The van der Waals surface area contributed by atoms with E-state index in [9.17, 15) is 12.3 Å². The van der Waals surface area contributed by atoms with Crippen molar-refractivity contribution in [3.05, 3.63) is 0 Å². The summed E-state index contributed by atoms with van der Waals surface area (Å²) < 4.78 is 33.5. The van der Waals surface area contributed by atoms with E-state index in [-0.39, 0.29) is 0 Å². The van der Waals surface area contributed by atoms with Crippen molar-refractivity contribution in [2.24, 2.45) is 0 Å². The van der Waals surface area contributed by atoms with Gasteiger partial charge in [0.1, 0.15) is 0 Å². The number of piperidine rings is 1. The molecule has 1 rings (SSSR count). The molecule has 0 aliphatic carbocycles. The maximum Gasteiger partial charge on any atom is 0.374 e. The smallest absolute Gasteiger partial charge is 0.177 e. The van der Waals surface area contributed by atoms with Crippen LogP contribution in [0.1, 0.15) is 19.3 Å². The second-order valence-electron chi connectivity index (χ2n) is 2.40. The third-order valence-electron chi connectivity index (χ3n) is 1.62. The van der Waals surface area contributed by atoms with Gasteiger partial charge in [-0.25, -0.2) is 0 Å². The zero-order valence-electron chi connectivity index (χ0n) is 5.59. The Morgan fingerprint density at radius 3 is 1.90 bits per heavy atom. The molecule has 1 heterocycles. The standard InChI is InChI=1S/C5H10FNO2S/c6-10(8,9)7-4-2-1-3-5-7/h1-5H2. The Balaban J connectivity index is 2.56. The predicted molar refractivity (Wildman–Crippen MR) is 35.5 cm³/mol. The van der Waals surface area contributed by atoms with E-state index in [1.54, 1.807) is 0 Å². The average Bonchev–Trinajstić information content (AvgIpc) is 1.88. The summed E-state index contributed by atoms with van der Waals surface area (Å²) >= 11 is 0. The van der Waals surface area contributed by atoms with Gasteiger partial charge in [-0.2, -0.15) is 12.7 Å². The van der Waals surface area contributed by atoms with Gasteiger partial charge >= 0.3 is 10.4 Å². The highest BCUT2D eigenvalue weighted by Crippen LogP contribution is 2.13. The molecule has 5 heteroatoms. The van der Waals surface area contributed by atoms with Crippen LogP contribution in [-0.4, -0.2) is 25.8 Å². The quantitative estimate of drug-likeness (QED) is 0.539. The van der Waals surface area contributed by atoms with E-state index in [0.29, 0.717) is 13.1 Å². The highest BCUT2D eigenvalue weighted by Gasteiger charge is 2.22. The summed E-state index contributed by atoms with van der Waals surface area (Å²) in [5.74, 6) is 0. The SMILES string of the molecule is O=S(=O)(F)N1CCCCC1. The van der Waals surface area contributed by atoms with Gasteiger partial charge in [-0.3, -0.25) is 0 Å². The van der Waals surface area contributed by atoms with Crippen LogP contribution in [0, 0.1) is 0 Å². The van der Waals surface area contributed by atoms with E-state index in [0.717, 1.165) is 23.6 Å². The van der Waals surface area contributed by atoms with E-state index in [2.05, 4.69) is 0 Å². The summed E-state index contributed by atoms with van der Waals surface area (Å²) in [6.07, 6.45) is 2.57. The van der Waals surface area contributed by atoms with Crippen molar-refractivity contribution in [3.8, 4) is 0 Å². The molecule has 10 heavy (non-hydrogen) atoms. The summed E-state index contributed by atoms with van der Waals surface area (Å²) in [6, 6.07) is 0. The van der Waals surface area contributed by atoms with Crippen LogP contribution in [0.25, 0.3) is 0 Å². The third-order valence-corrected chi connectivity index (χ3v) is 2.61. The van der Waals surface area contributed by atoms with Crippen LogP contribution in [-0.2, 0) is 10.4 Å². The van der Waals surface area contributed by atoms with Crippen LogP contribution < -0.4 is 0 Å². The number of nitrogens with zero attached hydrogens (tertiary/aromatic N) is 1. The summed E-state index contributed by atoms with van der Waals surface area (Å²) in [4.78, 5) is 0. The zero-order chi connectivity index (χ0) is 7.61. The molecular formula is C5H10FNO2S. The van der Waals surface area contributed by atoms with Crippen molar-refractivity contribution >= 4 is 10.4 Å². The van der Waals surface area contributed by atoms with Gasteiger partial charge in [0.2, 0.25) is 0 Å². The Morgan fingerprint density at radius 2 is 1.60 bits per heavy atom. The minimum atomic E-state index is -4.39. The van der Waals surface area contributed by atoms with Crippen LogP contribution in [0.15, 0.2) is 0 Å². The van der Waals surface area contributed by atoms with Crippen LogP contribution in [0.5, 0.6) is 0 Å². The highest BCUT2D eigenvalue weighted by atomic mass is 32.3. The highest BCUT2D eigenvalue weighted by molar-refractivity contribution is 7.83. The molecule has 0 aromatic rings. The van der Waals surface area contributed by atoms with Gasteiger partial charge in [0, 0.05) is 13.1 Å². The summed E-state index contributed by atoms with van der Waals surface area (Å²) in [7, 11) is -4.39. The molecule has 0 amide bonds. The van der Waals surface area contributed by atoms with Crippen molar-refractivity contribution in [1.29, 1.82) is 0 Å². The molecule has 1 aliphatic rings. The Hall–Kier alpha value is -0.160. The monoisotopic (exact) mass is 167 g/mol. The second kappa shape index (κ2) is 2.84. The number of hydrogen-bond acceptors (Lipinski definition) is 2. The fraction of sp³-hybridized carbons (Fsp3) is 1.00. The van der Waals surface area contributed by atoms with Crippen molar-refractivity contribution in [1.82, 2.24) is 4.31 Å². The molecule has 0 spiro atoms. The van der Waals surface area contributed by atoms with E-state index in [1.807, 2.05) is 0 Å². The Labute approximate surface area is 60.2 Å². The molecule has 0 bridgehead atoms. The molecular weight excluding hydrogens is 157 g/mol. The van der Waals surface area contributed by atoms with E-state index < -0.39 is 10.4 Å². The van der Waals surface area contributed by atoms with Gasteiger partial charge in [0.25, 0.3) is 0 Å². The molecule has 1 fully saturated rings. The van der Waals surface area contributed by atoms with Gasteiger partial charge < -0.3 is 0 Å². The molecule has 0 unspecified atom stereocenters. The third kappa shape index (κ3) is 1.91. The number of hydrogen-bond donors (Lipinski definition) is 0. The van der Waals surface area contributed by atoms with Crippen LogP contribution in [0.3, 0.4) is 0 Å². The maximum absolute atomic E-state index is 12.2. The second-order valence-corrected chi connectivity index (χ2v) is 3.74. The summed E-state index contributed by atoms with van der Waals surface area (Å²) in [5.41, 5.74) is 0. The normalized spacial score (nSPS) is 22.9. The summed E-state index contributed by atoms with van der Waals surface area (Å²) in [5, 5.41) is 0. The molecule has 0 N–H and O–H groups in total. The van der Waals surface area contributed by atoms with E-state index in [1.165, 1.54) is 0 Å². The maximum atomic E-state index is 12.2. The van der Waals surface area contributed by atoms with Crippen LogP contribution >= 0.6 is 0 Å². The van der Waals surface area contributed by atoms with Crippen molar-refractivity contribution < 1.29 is 12.3 Å². The van der Waals surface area contributed by atoms with Crippen LogP contribution in [0.2, 0.25) is 0 Å². The van der Waals surface area contributed by atoms with Crippen LogP contribution in [0.4, 0.5) is 3.89 Å². The largest absolute Gasteiger partial charge is 0.374 e. The fourth-order valence-electron chi connectivity index (χ4n) is 1.08. The lowest BCUT2D eigenvalue weighted by molar-refractivity contribution is 0.329. The lowest BCUT2D eigenvalue weighted by atomic mass is 10.2. The molecule has 0 atom stereocenters. The van der Waals surface area contributed by atoms with Gasteiger partial charge in [0.05, 0.1) is 0 Å². The molecule has 0 aromatic heterocycles. The molecule has 0 saturated carbocycles. The van der Waals surface area contributed by atoms with E-state index in [4.69, 9.17) is 0 Å². The van der Waals surface area contributed by atoms with Crippen molar-refractivity contribution in [2.45, 2.75) is 19.3 Å². The minimum absolute atomic E-state index is 0.346. The van der Waals surface area contributed by atoms with Gasteiger partial charge in [-0.05, 0) is 12.8 Å². The lowest BCUT2D eigenvalue weighted by Gasteiger charge is -2.21. The van der Waals surface area contributed by atoms with Gasteiger partial charge in [-0.1, -0.05) is 10.3 Å². The van der Waals surface area contributed by atoms with Crippen molar-refractivity contribution in [3.63, 3.8) is 0 Å². The number of halogens is 1. The molecule has 0 aromatic carbocycles. The van der Waals surface area contributed by atoms with Gasteiger partial charge in [-0.15, -0.1) is 0 Å². The number of rotatable bonds is 1. The Bertz CT molecular complexity index is 196. The van der Waals surface area contributed by atoms with Gasteiger partial charge in [0.15, 0.2) is 0 Å². The molecule has 0 radical (unpaired) electrons. The van der Waals surface area contributed by atoms with E-state index >= 15 is 0 Å². The fourth-order valence-corrected chi connectivity index (χ4v) is 1.78. The first-order chi connectivity index (χ1) is 4.61. The predicted octanol–water partition coefficient (Wildman–Crippen LogP) is 0.687. The molecule has 60 valence electrons. The first kappa shape index (κ1) is 7.94. The Kier molecular flexibility index (Phi) is 2.25. The summed E-state index contributed by atoms with van der Waals surface area (Å²) in [6.45, 7) is 0.692. The topological polar surface area (TPSA) is 37.4 Å².